The number of halogens is 1. The van der Waals surface area contributed by atoms with Crippen molar-refractivity contribution in [1.82, 2.24) is 9.62 Å². The summed E-state index contributed by atoms with van der Waals surface area (Å²) in [6, 6.07) is 4.61. The number of amidine groups is 1. The topological polar surface area (TPSA) is 72.6 Å². The van der Waals surface area contributed by atoms with Crippen LogP contribution in [0.25, 0.3) is 0 Å². The molecule has 1 aliphatic heterocycles. The molecular formula is C15H23ClN3O3S2+. The van der Waals surface area contributed by atoms with Gasteiger partial charge < -0.3 is 5.11 Å². The molecule has 1 aromatic rings. The molecule has 0 amide bonds. The molecule has 1 aromatic carbocycles. The van der Waals surface area contributed by atoms with E-state index >= 15 is 0 Å². The number of sulfonamides is 1. The molecule has 1 heterocycles. The van der Waals surface area contributed by atoms with Gasteiger partial charge in [-0.3, -0.25) is 4.58 Å². The van der Waals surface area contributed by atoms with Crippen molar-refractivity contribution in [3.63, 3.8) is 0 Å². The van der Waals surface area contributed by atoms with Gasteiger partial charge in [0.25, 0.3) is 0 Å². The first-order chi connectivity index (χ1) is 11.2. The zero-order chi connectivity index (χ0) is 18.1. The summed E-state index contributed by atoms with van der Waals surface area (Å²) in [5.74, 6) is 0.413. The second-order valence-electron chi connectivity index (χ2n) is 5.47. The van der Waals surface area contributed by atoms with E-state index < -0.39 is 15.7 Å². The number of hydrogen-bond donors (Lipinski definition) is 2. The second kappa shape index (κ2) is 7.21. The highest BCUT2D eigenvalue weighted by Gasteiger charge is 2.50. The van der Waals surface area contributed by atoms with Gasteiger partial charge in [0.05, 0.1) is 30.9 Å². The predicted molar refractivity (Wildman–Crippen MR) is 98.2 cm³/mol. The summed E-state index contributed by atoms with van der Waals surface area (Å²) in [5, 5.41) is 12.3. The first-order valence-electron chi connectivity index (χ1n) is 7.65. The van der Waals surface area contributed by atoms with Gasteiger partial charge in [-0.1, -0.05) is 17.7 Å². The van der Waals surface area contributed by atoms with Gasteiger partial charge in [0.2, 0.25) is 15.7 Å². The number of nitrogens with one attached hydrogen (secondary N) is 1. The zero-order valence-electron chi connectivity index (χ0n) is 14.2. The Morgan fingerprint density at radius 2 is 2.04 bits per heavy atom. The van der Waals surface area contributed by atoms with Gasteiger partial charge in [0, 0.05) is 5.56 Å². The van der Waals surface area contributed by atoms with Crippen molar-refractivity contribution < 1.29 is 18.1 Å². The average Bonchev–Trinajstić information content (AvgIpc) is 2.86. The standard InChI is InChI=1S/C15H23ClN3O3S2/c1-5-19(6-2)14-18(4)15(20,10-23-14)11-7-8-12(16)13(9-11)24(21,22)17-3/h7-9,17,20H,5-6,10H2,1-4H3/q+1. The maximum absolute atomic E-state index is 12.1. The van der Waals surface area contributed by atoms with E-state index in [0.29, 0.717) is 11.3 Å². The smallest absolute Gasteiger partial charge is 0.311 e. The van der Waals surface area contributed by atoms with E-state index in [1.165, 1.54) is 19.2 Å². The zero-order valence-corrected chi connectivity index (χ0v) is 16.6. The lowest BCUT2D eigenvalue weighted by molar-refractivity contribution is -0.523. The molecule has 0 aliphatic carbocycles. The van der Waals surface area contributed by atoms with Crippen LogP contribution in [0.4, 0.5) is 0 Å². The molecule has 0 bridgehead atoms. The fourth-order valence-corrected chi connectivity index (χ4v) is 5.39. The minimum Gasteiger partial charge on any atom is -0.349 e. The molecule has 0 spiro atoms. The van der Waals surface area contributed by atoms with Crippen LogP contribution in [0.5, 0.6) is 0 Å². The maximum atomic E-state index is 12.1. The SMILES string of the molecule is CC[N+](CC)=C1SCC(O)(c2ccc(Cl)c(S(=O)(=O)NC)c2)N1C. The number of thioether (sulfide) groups is 1. The quantitative estimate of drug-likeness (QED) is 0.742. The molecule has 1 unspecified atom stereocenters. The lowest BCUT2D eigenvalue weighted by atomic mass is 10.0. The Balaban J connectivity index is 2.53. The van der Waals surface area contributed by atoms with Crippen LogP contribution < -0.4 is 4.72 Å². The molecule has 9 heteroatoms. The number of rotatable bonds is 5. The Labute approximate surface area is 152 Å². The number of aliphatic hydroxyl groups is 1. The lowest BCUT2D eigenvalue weighted by Gasteiger charge is -2.26. The van der Waals surface area contributed by atoms with Crippen molar-refractivity contribution in [2.45, 2.75) is 24.5 Å². The molecular weight excluding hydrogens is 370 g/mol. The Morgan fingerprint density at radius 3 is 2.58 bits per heavy atom. The van der Waals surface area contributed by atoms with Crippen molar-refractivity contribution >= 4 is 38.6 Å². The van der Waals surface area contributed by atoms with Crippen molar-refractivity contribution in [2.75, 3.05) is 32.9 Å². The summed E-state index contributed by atoms with van der Waals surface area (Å²) < 4.78 is 28.7. The van der Waals surface area contributed by atoms with Gasteiger partial charge in [-0.2, -0.15) is 0 Å². The van der Waals surface area contributed by atoms with E-state index in [1.807, 2.05) is 7.05 Å². The van der Waals surface area contributed by atoms with Gasteiger partial charge in [-0.05, 0) is 44.8 Å². The van der Waals surface area contributed by atoms with Gasteiger partial charge in [-0.15, -0.1) is 0 Å². The lowest BCUT2D eigenvalue weighted by Crippen LogP contribution is -2.44. The Hall–Kier alpha value is -0.800. The van der Waals surface area contributed by atoms with Gasteiger partial charge in [0.15, 0.2) is 0 Å². The highest BCUT2D eigenvalue weighted by atomic mass is 35.5. The highest BCUT2D eigenvalue weighted by Crippen LogP contribution is 2.39. The molecule has 0 saturated carbocycles. The second-order valence-corrected chi connectivity index (χ2v) is 8.68. The summed E-state index contributed by atoms with van der Waals surface area (Å²) in [4.78, 5) is 1.76. The minimum atomic E-state index is -3.70. The largest absolute Gasteiger partial charge is 0.349 e. The summed E-state index contributed by atoms with van der Waals surface area (Å²) in [5.41, 5.74) is -0.788. The molecule has 6 nitrogen and oxygen atoms in total. The van der Waals surface area contributed by atoms with Gasteiger partial charge >= 0.3 is 5.17 Å². The van der Waals surface area contributed by atoms with Crippen LogP contribution in [0.2, 0.25) is 5.02 Å². The van der Waals surface area contributed by atoms with Gasteiger partial charge in [-0.25, -0.2) is 18.0 Å². The third-order valence-electron chi connectivity index (χ3n) is 4.23. The first kappa shape index (κ1) is 19.5. The van der Waals surface area contributed by atoms with Crippen LogP contribution in [0.3, 0.4) is 0 Å². The molecule has 134 valence electrons. The first-order valence-corrected chi connectivity index (χ1v) is 10.5. The maximum Gasteiger partial charge on any atom is 0.311 e. The van der Waals surface area contributed by atoms with Crippen LogP contribution in [-0.2, 0) is 15.7 Å². The third-order valence-corrected chi connectivity index (χ3v) is 7.46. The van der Waals surface area contributed by atoms with Crippen molar-refractivity contribution in [3.8, 4) is 0 Å². The van der Waals surface area contributed by atoms with Crippen LogP contribution in [0, 0.1) is 0 Å². The molecule has 2 rings (SSSR count). The number of benzene rings is 1. The van der Waals surface area contributed by atoms with Crippen LogP contribution in [0.15, 0.2) is 23.1 Å². The highest BCUT2D eigenvalue weighted by molar-refractivity contribution is 8.13. The Kier molecular flexibility index (Phi) is 5.87. The molecule has 1 atom stereocenters. The van der Waals surface area contributed by atoms with E-state index in [2.05, 4.69) is 23.1 Å². The van der Waals surface area contributed by atoms with E-state index in [9.17, 15) is 13.5 Å². The Bertz CT molecular complexity index is 761. The fourth-order valence-electron chi connectivity index (χ4n) is 2.66. The van der Waals surface area contributed by atoms with Crippen LogP contribution in [-0.4, -0.2) is 61.1 Å². The molecule has 24 heavy (non-hydrogen) atoms. The number of hydrogen-bond acceptors (Lipinski definition) is 4. The van der Waals surface area contributed by atoms with Crippen LogP contribution >= 0.6 is 23.4 Å². The van der Waals surface area contributed by atoms with Gasteiger partial charge in [0.1, 0.15) is 4.90 Å². The molecule has 1 aliphatic rings. The molecule has 1 saturated heterocycles. The molecule has 0 aromatic heterocycles. The van der Waals surface area contributed by atoms with E-state index in [4.69, 9.17) is 11.6 Å². The molecule has 0 radical (unpaired) electrons. The average molecular weight is 393 g/mol. The summed E-state index contributed by atoms with van der Waals surface area (Å²) in [6.07, 6.45) is 0. The van der Waals surface area contributed by atoms with E-state index in [1.54, 1.807) is 22.7 Å². The molecule has 1 fully saturated rings. The van der Waals surface area contributed by atoms with E-state index in [-0.39, 0.29) is 9.92 Å². The fraction of sp³-hybridized carbons (Fsp3) is 0.533. The summed E-state index contributed by atoms with van der Waals surface area (Å²) >= 11 is 7.59. The minimum absolute atomic E-state index is 0.0349. The predicted octanol–water partition coefficient (Wildman–Crippen LogP) is 1.48. The van der Waals surface area contributed by atoms with E-state index in [0.717, 1.165) is 18.3 Å². The molecule has 2 N–H and O–H groups in total. The van der Waals surface area contributed by atoms with Crippen molar-refractivity contribution in [3.05, 3.63) is 28.8 Å². The normalized spacial score (nSPS) is 21.4. The summed E-state index contributed by atoms with van der Waals surface area (Å²) in [7, 11) is -0.556. The summed E-state index contributed by atoms with van der Waals surface area (Å²) in [6.45, 7) is 5.78. The van der Waals surface area contributed by atoms with Crippen LogP contribution in [0.1, 0.15) is 19.4 Å². The Morgan fingerprint density at radius 1 is 1.42 bits per heavy atom. The van der Waals surface area contributed by atoms with Crippen molar-refractivity contribution in [1.29, 1.82) is 0 Å². The third kappa shape index (κ3) is 3.30. The van der Waals surface area contributed by atoms with Crippen molar-refractivity contribution in [2.24, 2.45) is 0 Å². The monoisotopic (exact) mass is 392 g/mol. The number of nitrogens with zero attached hydrogens (tertiary/aromatic N) is 2.